The van der Waals surface area contributed by atoms with Crippen LogP contribution in [0.2, 0.25) is 5.02 Å². The summed E-state index contributed by atoms with van der Waals surface area (Å²) < 4.78 is 34.9. The second kappa shape index (κ2) is 10.2. The molecule has 0 radical (unpaired) electrons. The van der Waals surface area contributed by atoms with Crippen LogP contribution in [-0.4, -0.2) is 47.0 Å². The molecule has 1 fully saturated rings. The summed E-state index contributed by atoms with van der Waals surface area (Å²) in [6.07, 6.45) is 3.94. The Labute approximate surface area is 195 Å². The Morgan fingerprint density at radius 2 is 1.94 bits per heavy atom. The van der Waals surface area contributed by atoms with E-state index in [9.17, 15) is 13.6 Å². The summed E-state index contributed by atoms with van der Waals surface area (Å²) >= 11 is 6.36. The summed E-state index contributed by atoms with van der Waals surface area (Å²) in [7, 11) is 1.76. The lowest BCUT2D eigenvalue weighted by Crippen LogP contribution is -2.25. The fourth-order valence-electron chi connectivity index (χ4n) is 3.80. The molecule has 0 aliphatic carbocycles. The van der Waals surface area contributed by atoms with Gasteiger partial charge in [-0.1, -0.05) is 11.6 Å². The van der Waals surface area contributed by atoms with Crippen molar-refractivity contribution in [1.29, 1.82) is 0 Å². The molecule has 2 aromatic carbocycles. The molecule has 33 heavy (non-hydrogen) atoms. The molecule has 10 heteroatoms. The van der Waals surface area contributed by atoms with Gasteiger partial charge in [-0.3, -0.25) is 9.58 Å². The minimum atomic E-state index is -0.740. The van der Waals surface area contributed by atoms with Crippen LogP contribution in [0.25, 0.3) is 11.3 Å². The number of likely N-dealkylation sites (tertiary alicyclic amines) is 1. The van der Waals surface area contributed by atoms with E-state index in [0.717, 1.165) is 37.8 Å². The van der Waals surface area contributed by atoms with E-state index < -0.39 is 17.7 Å². The van der Waals surface area contributed by atoms with Gasteiger partial charge in [0.15, 0.2) is 0 Å². The molecule has 1 aromatic heterocycles. The van der Waals surface area contributed by atoms with E-state index in [1.54, 1.807) is 29.9 Å². The highest BCUT2D eigenvalue weighted by molar-refractivity contribution is 6.33. The monoisotopic (exact) mass is 475 g/mol. The number of ether oxygens (including phenoxy) is 1. The van der Waals surface area contributed by atoms with E-state index in [0.29, 0.717) is 34.3 Å². The number of aromatic nitrogens is 2. The molecule has 1 saturated heterocycles. The minimum Gasteiger partial charge on any atom is -0.492 e. The molecule has 1 aliphatic rings. The van der Waals surface area contributed by atoms with Gasteiger partial charge in [-0.15, -0.1) is 0 Å². The zero-order valence-electron chi connectivity index (χ0n) is 18.1. The minimum absolute atomic E-state index is 0.260. The van der Waals surface area contributed by atoms with E-state index in [4.69, 9.17) is 16.3 Å². The fraction of sp³-hybridized carbons (Fsp3) is 0.304. The van der Waals surface area contributed by atoms with E-state index in [1.807, 2.05) is 0 Å². The molecule has 0 bridgehead atoms. The maximum absolute atomic E-state index is 13.8. The second-order valence-electron chi connectivity index (χ2n) is 7.78. The van der Waals surface area contributed by atoms with Crippen molar-refractivity contribution in [1.82, 2.24) is 14.7 Å². The molecule has 3 aromatic rings. The Morgan fingerprint density at radius 3 is 2.67 bits per heavy atom. The molecule has 7 nitrogen and oxygen atoms in total. The maximum atomic E-state index is 13.8. The van der Waals surface area contributed by atoms with Crippen molar-refractivity contribution < 1.29 is 18.3 Å². The van der Waals surface area contributed by atoms with Gasteiger partial charge in [0.05, 0.1) is 22.6 Å². The number of rotatable bonds is 7. The van der Waals surface area contributed by atoms with E-state index in [-0.39, 0.29) is 5.69 Å². The summed E-state index contributed by atoms with van der Waals surface area (Å²) in [6, 6.07) is 7.22. The lowest BCUT2D eigenvalue weighted by molar-refractivity contribution is 0.238. The quantitative estimate of drug-likeness (QED) is 0.496. The van der Waals surface area contributed by atoms with Gasteiger partial charge in [-0.2, -0.15) is 5.10 Å². The predicted molar refractivity (Wildman–Crippen MR) is 124 cm³/mol. The third-order valence-corrected chi connectivity index (χ3v) is 5.70. The lowest BCUT2D eigenvalue weighted by atomic mass is 10.1. The number of amides is 2. The van der Waals surface area contributed by atoms with Crippen molar-refractivity contribution in [3.8, 4) is 17.0 Å². The Hall–Kier alpha value is -3.17. The number of urea groups is 1. The van der Waals surface area contributed by atoms with Gasteiger partial charge in [-0.05, 0) is 56.3 Å². The third kappa shape index (κ3) is 5.61. The van der Waals surface area contributed by atoms with Crippen molar-refractivity contribution in [3.63, 3.8) is 0 Å². The van der Waals surface area contributed by atoms with Gasteiger partial charge < -0.3 is 15.4 Å². The molecule has 174 valence electrons. The number of halogens is 3. The van der Waals surface area contributed by atoms with Crippen LogP contribution in [0.4, 0.5) is 25.0 Å². The molecular formula is C23H24ClF2N5O2. The number of carbonyl (C=O) groups is 1. The number of hydrogen-bond acceptors (Lipinski definition) is 4. The largest absolute Gasteiger partial charge is 0.492 e. The standard InChI is InChI=1S/C23H24ClF2N5O2/c1-30-22(18(24)14-27-30)17-13-16(5-7-21(17)33-11-10-31-8-2-3-9-31)28-23(32)29-20-12-15(25)4-6-19(20)26/h4-7,12-14H,2-3,8-11H2,1H3,(H2,28,29,32). The Morgan fingerprint density at radius 1 is 1.15 bits per heavy atom. The van der Waals surface area contributed by atoms with Gasteiger partial charge in [0.2, 0.25) is 0 Å². The summed E-state index contributed by atoms with van der Waals surface area (Å²) in [5.41, 5.74) is 1.44. The molecule has 4 rings (SSSR count). The molecule has 1 aliphatic heterocycles. The van der Waals surface area contributed by atoms with Crippen LogP contribution >= 0.6 is 11.6 Å². The second-order valence-corrected chi connectivity index (χ2v) is 8.18. The number of nitrogens with one attached hydrogen (secondary N) is 2. The van der Waals surface area contributed by atoms with Gasteiger partial charge in [0.25, 0.3) is 0 Å². The van der Waals surface area contributed by atoms with Crippen LogP contribution in [0, 0.1) is 11.6 Å². The van der Waals surface area contributed by atoms with Crippen LogP contribution in [-0.2, 0) is 7.05 Å². The summed E-state index contributed by atoms with van der Waals surface area (Å²) in [5.74, 6) is -0.798. The smallest absolute Gasteiger partial charge is 0.323 e. The molecular weight excluding hydrogens is 452 g/mol. The van der Waals surface area contributed by atoms with Crippen molar-refractivity contribution >= 4 is 29.0 Å². The summed E-state index contributed by atoms with van der Waals surface area (Å²) in [5, 5.41) is 9.56. The number of hydrogen-bond donors (Lipinski definition) is 2. The third-order valence-electron chi connectivity index (χ3n) is 5.43. The van der Waals surface area contributed by atoms with Crippen LogP contribution in [0.3, 0.4) is 0 Å². The van der Waals surface area contributed by atoms with Gasteiger partial charge in [0, 0.05) is 30.9 Å². The van der Waals surface area contributed by atoms with E-state index in [2.05, 4.69) is 20.6 Å². The molecule has 2 amide bonds. The fourth-order valence-corrected chi connectivity index (χ4v) is 4.07. The first-order chi connectivity index (χ1) is 15.9. The molecule has 0 spiro atoms. The van der Waals surface area contributed by atoms with Crippen LogP contribution in [0.5, 0.6) is 5.75 Å². The predicted octanol–water partition coefficient (Wildman–Crippen LogP) is 5.14. The van der Waals surface area contributed by atoms with Gasteiger partial charge in [-0.25, -0.2) is 13.6 Å². The number of benzene rings is 2. The lowest BCUT2D eigenvalue weighted by Gasteiger charge is -2.18. The number of carbonyl (C=O) groups excluding carboxylic acids is 1. The first-order valence-corrected chi connectivity index (χ1v) is 11.0. The van der Waals surface area contributed by atoms with Crippen molar-refractivity contribution in [2.75, 3.05) is 36.9 Å². The zero-order valence-corrected chi connectivity index (χ0v) is 18.8. The summed E-state index contributed by atoms with van der Waals surface area (Å²) in [4.78, 5) is 14.7. The van der Waals surface area contributed by atoms with E-state index >= 15 is 0 Å². The van der Waals surface area contributed by atoms with Crippen molar-refractivity contribution in [2.24, 2.45) is 7.05 Å². The van der Waals surface area contributed by atoms with Crippen LogP contribution in [0.15, 0.2) is 42.6 Å². The number of anilines is 2. The SMILES string of the molecule is Cn1ncc(Cl)c1-c1cc(NC(=O)Nc2cc(F)ccc2F)ccc1OCCN1CCCC1. The molecule has 2 N–H and O–H groups in total. The first kappa shape index (κ1) is 23.0. The Bertz CT molecular complexity index is 1130. The van der Waals surface area contributed by atoms with Crippen molar-refractivity contribution in [3.05, 3.63) is 59.3 Å². The molecule has 0 saturated carbocycles. The Kier molecular flexibility index (Phi) is 7.10. The normalized spacial score (nSPS) is 13.8. The van der Waals surface area contributed by atoms with Crippen LogP contribution in [0.1, 0.15) is 12.8 Å². The molecule has 2 heterocycles. The molecule has 0 unspecified atom stereocenters. The summed E-state index contributed by atoms with van der Waals surface area (Å²) in [6.45, 7) is 3.48. The van der Waals surface area contributed by atoms with Gasteiger partial charge in [0.1, 0.15) is 24.0 Å². The Balaban J connectivity index is 1.53. The maximum Gasteiger partial charge on any atom is 0.323 e. The highest BCUT2D eigenvalue weighted by Crippen LogP contribution is 2.36. The van der Waals surface area contributed by atoms with Gasteiger partial charge >= 0.3 is 6.03 Å². The van der Waals surface area contributed by atoms with E-state index in [1.165, 1.54) is 19.0 Å². The molecule has 0 atom stereocenters. The average Bonchev–Trinajstić information content (AvgIpc) is 3.41. The highest BCUT2D eigenvalue weighted by atomic mass is 35.5. The number of aryl methyl sites for hydroxylation is 1. The first-order valence-electron chi connectivity index (χ1n) is 10.6. The average molecular weight is 476 g/mol. The topological polar surface area (TPSA) is 71.4 Å². The van der Waals surface area contributed by atoms with Crippen molar-refractivity contribution in [2.45, 2.75) is 12.8 Å². The highest BCUT2D eigenvalue weighted by Gasteiger charge is 2.18. The number of nitrogens with zero attached hydrogens (tertiary/aromatic N) is 3. The van der Waals surface area contributed by atoms with Crippen LogP contribution < -0.4 is 15.4 Å². The zero-order chi connectivity index (χ0) is 23.4.